The van der Waals surface area contributed by atoms with Crippen LogP contribution < -0.4 is 5.73 Å². The van der Waals surface area contributed by atoms with Gasteiger partial charge >= 0.3 is 0 Å². The van der Waals surface area contributed by atoms with Gasteiger partial charge in [0.25, 0.3) is 0 Å². The Morgan fingerprint density at radius 1 is 1.35 bits per heavy atom. The predicted molar refractivity (Wildman–Crippen MR) is 66.5 cm³/mol. The van der Waals surface area contributed by atoms with Crippen LogP contribution in [0, 0.1) is 11.8 Å². The third kappa shape index (κ3) is 3.42. The van der Waals surface area contributed by atoms with E-state index in [0.717, 1.165) is 51.9 Å². The van der Waals surface area contributed by atoms with Crippen molar-refractivity contribution in [2.75, 3.05) is 32.8 Å². The average Bonchev–Trinajstić information content (AvgIpc) is 2.40. The zero-order chi connectivity index (χ0) is 12.1. The van der Waals surface area contributed by atoms with Crippen LogP contribution in [0.25, 0.3) is 0 Å². The Hall–Kier alpha value is -0.610. The van der Waals surface area contributed by atoms with Crippen LogP contribution >= 0.6 is 0 Å². The maximum atomic E-state index is 12.3. The third-order valence-corrected chi connectivity index (χ3v) is 3.92. The smallest absolute Gasteiger partial charge is 0.228 e. The van der Waals surface area contributed by atoms with E-state index in [1.807, 2.05) is 4.90 Å². The van der Waals surface area contributed by atoms with Crippen molar-refractivity contribution in [3.05, 3.63) is 0 Å². The van der Waals surface area contributed by atoms with E-state index in [9.17, 15) is 4.79 Å². The SMILES string of the molecule is NCCC1CCCN(C(=O)C2CCCOC2)C1. The maximum absolute atomic E-state index is 12.3. The highest BCUT2D eigenvalue weighted by molar-refractivity contribution is 5.79. The molecule has 0 saturated carbocycles. The van der Waals surface area contributed by atoms with E-state index in [1.54, 1.807) is 0 Å². The van der Waals surface area contributed by atoms with E-state index >= 15 is 0 Å². The largest absolute Gasteiger partial charge is 0.381 e. The number of likely N-dealkylation sites (tertiary alicyclic amines) is 1. The van der Waals surface area contributed by atoms with Crippen molar-refractivity contribution in [3.8, 4) is 0 Å². The molecule has 2 rings (SSSR count). The van der Waals surface area contributed by atoms with Crippen molar-refractivity contribution >= 4 is 5.91 Å². The van der Waals surface area contributed by atoms with Crippen LogP contribution in [0.3, 0.4) is 0 Å². The Labute approximate surface area is 103 Å². The summed E-state index contributed by atoms with van der Waals surface area (Å²) in [5.74, 6) is 1.04. The van der Waals surface area contributed by atoms with Crippen LogP contribution in [-0.2, 0) is 9.53 Å². The lowest BCUT2D eigenvalue weighted by Crippen LogP contribution is -2.45. The van der Waals surface area contributed by atoms with Crippen molar-refractivity contribution in [1.29, 1.82) is 0 Å². The number of nitrogens with two attached hydrogens (primary N) is 1. The number of carbonyl (C=O) groups excluding carboxylic acids is 1. The molecule has 2 atom stereocenters. The molecule has 0 aliphatic carbocycles. The molecule has 4 nitrogen and oxygen atoms in total. The summed E-state index contributed by atoms with van der Waals surface area (Å²) < 4.78 is 5.40. The van der Waals surface area contributed by atoms with Crippen LogP contribution in [0.2, 0.25) is 0 Å². The number of amides is 1. The molecule has 2 fully saturated rings. The van der Waals surface area contributed by atoms with Gasteiger partial charge in [0, 0.05) is 19.7 Å². The highest BCUT2D eigenvalue weighted by Crippen LogP contribution is 2.23. The molecule has 0 aromatic carbocycles. The standard InChI is InChI=1S/C13H24N2O2/c14-6-5-11-3-1-7-15(9-11)13(16)12-4-2-8-17-10-12/h11-12H,1-10,14H2. The van der Waals surface area contributed by atoms with Crippen LogP contribution in [0.5, 0.6) is 0 Å². The van der Waals surface area contributed by atoms with E-state index in [2.05, 4.69) is 0 Å². The van der Waals surface area contributed by atoms with Crippen molar-refractivity contribution in [1.82, 2.24) is 4.90 Å². The number of rotatable bonds is 3. The number of hydrogen-bond acceptors (Lipinski definition) is 3. The molecule has 0 spiro atoms. The molecule has 0 radical (unpaired) electrons. The van der Waals surface area contributed by atoms with Gasteiger partial charge in [-0.05, 0) is 44.6 Å². The second-order valence-electron chi connectivity index (χ2n) is 5.28. The first-order valence-corrected chi connectivity index (χ1v) is 6.88. The van der Waals surface area contributed by atoms with E-state index in [4.69, 9.17) is 10.5 Å². The molecule has 4 heteroatoms. The minimum absolute atomic E-state index is 0.111. The molecule has 2 aliphatic rings. The van der Waals surface area contributed by atoms with Gasteiger partial charge in [0.05, 0.1) is 12.5 Å². The van der Waals surface area contributed by atoms with Crippen molar-refractivity contribution < 1.29 is 9.53 Å². The van der Waals surface area contributed by atoms with Crippen LogP contribution in [0.15, 0.2) is 0 Å². The van der Waals surface area contributed by atoms with Gasteiger partial charge in [0.2, 0.25) is 5.91 Å². The zero-order valence-electron chi connectivity index (χ0n) is 10.6. The Morgan fingerprint density at radius 3 is 2.94 bits per heavy atom. The Kier molecular flexibility index (Phi) is 4.80. The summed E-state index contributed by atoms with van der Waals surface area (Å²) >= 11 is 0. The maximum Gasteiger partial charge on any atom is 0.228 e. The first-order chi connectivity index (χ1) is 8.31. The predicted octanol–water partition coefficient (Wildman–Crippen LogP) is 1.00. The van der Waals surface area contributed by atoms with Gasteiger partial charge in [-0.3, -0.25) is 4.79 Å². The lowest BCUT2D eigenvalue weighted by atomic mass is 9.93. The van der Waals surface area contributed by atoms with Gasteiger partial charge in [-0.2, -0.15) is 0 Å². The minimum atomic E-state index is 0.111. The van der Waals surface area contributed by atoms with E-state index in [0.29, 0.717) is 18.4 Å². The molecule has 2 heterocycles. The monoisotopic (exact) mass is 240 g/mol. The van der Waals surface area contributed by atoms with Crippen molar-refractivity contribution in [2.24, 2.45) is 17.6 Å². The zero-order valence-corrected chi connectivity index (χ0v) is 10.6. The fourth-order valence-corrected chi connectivity index (χ4v) is 2.93. The van der Waals surface area contributed by atoms with Gasteiger partial charge in [0.15, 0.2) is 0 Å². The topological polar surface area (TPSA) is 55.6 Å². The van der Waals surface area contributed by atoms with Crippen LogP contribution in [-0.4, -0.2) is 43.7 Å². The molecule has 0 aromatic heterocycles. The number of nitrogens with zero attached hydrogens (tertiary/aromatic N) is 1. The molecule has 98 valence electrons. The number of carbonyl (C=O) groups is 1. The fraction of sp³-hybridized carbons (Fsp3) is 0.923. The molecule has 2 N–H and O–H groups in total. The molecule has 0 bridgehead atoms. The summed E-state index contributed by atoms with van der Waals surface area (Å²) in [5, 5.41) is 0. The number of hydrogen-bond donors (Lipinski definition) is 1. The molecule has 17 heavy (non-hydrogen) atoms. The third-order valence-electron chi connectivity index (χ3n) is 3.92. The molecule has 2 aliphatic heterocycles. The highest BCUT2D eigenvalue weighted by Gasteiger charge is 2.29. The normalized spacial score (nSPS) is 30.3. The summed E-state index contributed by atoms with van der Waals surface area (Å²) in [7, 11) is 0. The van der Waals surface area contributed by atoms with E-state index in [1.165, 1.54) is 6.42 Å². The van der Waals surface area contributed by atoms with Crippen molar-refractivity contribution in [3.63, 3.8) is 0 Å². The van der Waals surface area contributed by atoms with Crippen LogP contribution in [0.4, 0.5) is 0 Å². The molecule has 2 unspecified atom stereocenters. The Balaban J connectivity index is 1.85. The summed E-state index contributed by atoms with van der Waals surface area (Å²) in [4.78, 5) is 14.4. The second kappa shape index (κ2) is 6.36. The highest BCUT2D eigenvalue weighted by atomic mass is 16.5. The first-order valence-electron chi connectivity index (χ1n) is 6.88. The van der Waals surface area contributed by atoms with Crippen LogP contribution in [0.1, 0.15) is 32.1 Å². The van der Waals surface area contributed by atoms with E-state index in [-0.39, 0.29) is 5.92 Å². The first kappa shape index (κ1) is 12.8. The second-order valence-corrected chi connectivity index (χ2v) is 5.28. The molecular weight excluding hydrogens is 216 g/mol. The average molecular weight is 240 g/mol. The molecular formula is C13H24N2O2. The minimum Gasteiger partial charge on any atom is -0.381 e. The summed E-state index contributed by atoms with van der Waals surface area (Å²) in [5.41, 5.74) is 5.60. The lowest BCUT2D eigenvalue weighted by Gasteiger charge is -2.35. The Morgan fingerprint density at radius 2 is 2.24 bits per heavy atom. The number of ether oxygens (including phenoxy) is 1. The fourth-order valence-electron chi connectivity index (χ4n) is 2.93. The van der Waals surface area contributed by atoms with Gasteiger partial charge < -0.3 is 15.4 Å². The van der Waals surface area contributed by atoms with Crippen molar-refractivity contribution in [2.45, 2.75) is 32.1 Å². The van der Waals surface area contributed by atoms with Gasteiger partial charge in [0.1, 0.15) is 0 Å². The molecule has 0 aromatic rings. The van der Waals surface area contributed by atoms with Gasteiger partial charge in [-0.1, -0.05) is 0 Å². The summed E-state index contributed by atoms with van der Waals surface area (Å²) in [6.07, 6.45) is 5.42. The lowest BCUT2D eigenvalue weighted by molar-refractivity contribution is -0.141. The summed E-state index contributed by atoms with van der Waals surface area (Å²) in [6.45, 7) is 4.01. The number of piperidine rings is 1. The summed E-state index contributed by atoms with van der Waals surface area (Å²) in [6, 6.07) is 0. The van der Waals surface area contributed by atoms with Gasteiger partial charge in [-0.25, -0.2) is 0 Å². The Bertz CT molecular complexity index is 250. The molecule has 2 saturated heterocycles. The van der Waals surface area contributed by atoms with E-state index < -0.39 is 0 Å². The quantitative estimate of drug-likeness (QED) is 0.800. The van der Waals surface area contributed by atoms with Gasteiger partial charge in [-0.15, -0.1) is 0 Å². The molecule has 1 amide bonds.